The fourth-order valence-corrected chi connectivity index (χ4v) is 2.80. The zero-order chi connectivity index (χ0) is 17.6. The van der Waals surface area contributed by atoms with E-state index in [9.17, 15) is 4.79 Å². The smallest absolute Gasteiger partial charge is 0.273 e. The monoisotopic (exact) mass is 352 g/mol. The number of hydrogen-bond donors (Lipinski definition) is 1. The van der Waals surface area contributed by atoms with E-state index < -0.39 is 0 Å². The molecule has 128 valence electrons. The molecular formula is C20H20N2O2S. The molecular weight excluding hydrogens is 332 g/mol. The van der Waals surface area contributed by atoms with Gasteiger partial charge in [-0.1, -0.05) is 37.3 Å². The number of carbonyl (C=O) groups excluding carboxylic acids is 1. The van der Waals surface area contributed by atoms with Crippen molar-refractivity contribution in [3.8, 4) is 11.1 Å². The van der Waals surface area contributed by atoms with E-state index in [1.165, 1.54) is 34.2 Å². The van der Waals surface area contributed by atoms with E-state index in [4.69, 9.17) is 4.42 Å². The molecule has 1 aromatic carbocycles. The van der Waals surface area contributed by atoms with Crippen molar-refractivity contribution in [3.05, 3.63) is 72.4 Å². The summed E-state index contributed by atoms with van der Waals surface area (Å²) in [4.78, 5) is 16.8. The standard InChI is InChI=1S/C14H16N2O2S.C6H4/c1-10(11-3-5-12(19-2)6-4-11)7-15-14(17)13-8-18-9-16-13;1-2-5-4-6(5)3-1/h3-6,8-10H,7H2,1-2H3,(H,15,17);1-4H. The van der Waals surface area contributed by atoms with Crippen molar-refractivity contribution in [1.29, 1.82) is 0 Å². The summed E-state index contributed by atoms with van der Waals surface area (Å²) in [7, 11) is 0. The fraction of sp³-hybridized carbons (Fsp3) is 0.200. The van der Waals surface area contributed by atoms with Crippen LogP contribution in [0.15, 0.2) is 70.5 Å². The Morgan fingerprint density at radius 1 is 1.20 bits per heavy atom. The molecule has 1 heterocycles. The molecule has 0 saturated heterocycles. The lowest BCUT2D eigenvalue weighted by Crippen LogP contribution is -2.27. The molecule has 1 unspecified atom stereocenters. The molecule has 1 N–H and O–H groups in total. The first kappa shape index (κ1) is 17.3. The molecule has 0 radical (unpaired) electrons. The number of aromatic nitrogens is 1. The molecule has 1 aromatic heterocycles. The van der Waals surface area contributed by atoms with Crippen molar-refractivity contribution in [3.63, 3.8) is 0 Å². The summed E-state index contributed by atoms with van der Waals surface area (Å²) in [5, 5.41) is 2.85. The lowest BCUT2D eigenvalue weighted by Gasteiger charge is -2.12. The number of thioether (sulfide) groups is 1. The van der Waals surface area contributed by atoms with Crippen LogP contribution in [0.3, 0.4) is 0 Å². The third-order valence-electron chi connectivity index (χ3n) is 4.03. The summed E-state index contributed by atoms with van der Waals surface area (Å²) < 4.78 is 4.78. The minimum Gasteiger partial charge on any atom is -0.451 e. The minimum atomic E-state index is -0.207. The van der Waals surface area contributed by atoms with Crippen molar-refractivity contribution in [2.45, 2.75) is 17.7 Å². The first-order valence-corrected chi connectivity index (χ1v) is 9.30. The number of nitrogens with one attached hydrogen (secondary N) is 1. The quantitative estimate of drug-likeness (QED) is 0.534. The summed E-state index contributed by atoms with van der Waals surface area (Å²) in [5.74, 6) is 0.0492. The van der Waals surface area contributed by atoms with Crippen molar-refractivity contribution in [1.82, 2.24) is 10.3 Å². The fourth-order valence-electron chi connectivity index (χ4n) is 2.39. The molecule has 2 aliphatic rings. The van der Waals surface area contributed by atoms with E-state index in [0.29, 0.717) is 12.2 Å². The number of nitrogens with zero attached hydrogens (tertiary/aromatic N) is 1. The molecule has 25 heavy (non-hydrogen) atoms. The lowest BCUT2D eigenvalue weighted by atomic mass is 10.0. The largest absolute Gasteiger partial charge is 0.451 e. The van der Waals surface area contributed by atoms with Gasteiger partial charge in [-0.05, 0) is 47.1 Å². The summed E-state index contributed by atoms with van der Waals surface area (Å²) in [6.07, 6.45) is 4.64. The Morgan fingerprint density at radius 3 is 2.40 bits per heavy atom. The van der Waals surface area contributed by atoms with Gasteiger partial charge < -0.3 is 9.73 Å². The molecule has 0 saturated carbocycles. The Labute approximate surface area is 151 Å². The van der Waals surface area contributed by atoms with Crippen molar-refractivity contribution in [2.75, 3.05) is 12.8 Å². The van der Waals surface area contributed by atoms with Gasteiger partial charge in [0.05, 0.1) is 0 Å². The molecule has 1 atom stereocenters. The van der Waals surface area contributed by atoms with Crippen molar-refractivity contribution < 1.29 is 9.21 Å². The number of amides is 1. The molecule has 1 amide bonds. The van der Waals surface area contributed by atoms with Crippen LogP contribution < -0.4 is 5.32 Å². The van der Waals surface area contributed by atoms with Crippen molar-refractivity contribution >= 4 is 17.7 Å². The lowest BCUT2D eigenvalue weighted by molar-refractivity contribution is 0.0946. The Kier molecular flexibility index (Phi) is 5.56. The maximum absolute atomic E-state index is 11.7. The van der Waals surface area contributed by atoms with Crippen LogP contribution in [-0.2, 0) is 0 Å². The van der Waals surface area contributed by atoms with Crippen LogP contribution in [0.25, 0.3) is 11.1 Å². The van der Waals surface area contributed by atoms with Crippen molar-refractivity contribution in [2.24, 2.45) is 0 Å². The summed E-state index contributed by atoms with van der Waals surface area (Å²) in [6.45, 7) is 2.65. The normalized spacial score (nSPS) is 11.9. The molecule has 2 aromatic rings. The zero-order valence-electron chi connectivity index (χ0n) is 14.2. The van der Waals surface area contributed by atoms with Gasteiger partial charge in [0.1, 0.15) is 6.26 Å². The average Bonchev–Trinajstić information content (AvgIpc) is 3.07. The molecule has 4 nitrogen and oxygen atoms in total. The second-order valence-corrected chi connectivity index (χ2v) is 6.72. The van der Waals surface area contributed by atoms with Crippen LogP contribution >= 0.6 is 11.8 Å². The van der Waals surface area contributed by atoms with E-state index in [2.05, 4.69) is 72.0 Å². The van der Waals surface area contributed by atoms with E-state index in [1.807, 2.05) is 0 Å². The minimum absolute atomic E-state index is 0.207. The molecule has 4 rings (SSSR count). The van der Waals surface area contributed by atoms with Gasteiger partial charge in [-0.2, -0.15) is 0 Å². The van der Waals surface area contributed by atoms with E-state index in [1.54, 1.807) is 11.8 Å². The summed E-state index contributed by atoms with van der Waals surface area (Å²) in [6, 6.07) is 16.9. The van der Waals surface area contributed by atoms with E-state index >= 15 is 0 Å². The number of benzene rings is 2. The second kappa shape index (κ2) is 8.03. The highest BCUT2D eigenvalue weighted by Crippen LogP contribution is 2.32. The molecule has 5 heteroatoms. The number of rotatable bonds is 5. The number of carbonyl (C=O) groups is 1. The summed E-state index contributed by atoms with van der Waals surface area (Å²) >= 11 is 1.72. The highest BCUT2D eigenvalue weighted by Gasteiger charge is 2.11. The molecule has 0 spiro atoms. The van der Waals surface area contributed by atoms with Crippen LogP contribution in [-0.4, -0.2) is 23.7 Å². The first-order valence-electron chi connectivity index (χ1n) is 8.08. The van der Waals surface area contributed by atoms with Crippen LogP contribution in [0.1, 0.15) is 28.9 Å². The predicted octanol–water partition coefficient (Wildman–Crippen LogP) is 4.60. The van der Waals surface area contributed by atoms with Crippen LogP contribution in [0, 0.1) is 0 Å². The van der Waals surface area contributed by atoms with Crippen LogP contribution in [0.2, 0.25) is 0 Å². The Balaban J connectivity index is 0.000000250. The van der Waals surface area contributed by atoms with Crippen LogP contribution in [0.4, 0.5) is 0 Å². The van der Waals surface area contributed by atoms with Gasteiger partial charge >= 0.3 is 0 Å². The highest BCUT2D eigenvalue weighted by molar-refractivity contribution is 7.98. The van der Waals surface area contributed by atoms with Crippen LogP contribution in [0.5, 0.6) is 0 Å². The molecule has 2 aliphatic carbocycles. The van der Waals surface area contributed by atoms with Gasteiger partial charge in [0.15, 0.2) is 12.1 Å². The Hall–Kier alpha value is -2.53. The number of fused-ring (bicyclic) bond motifs is 1. The third kappa shape index (κ3) is 4.73. The van der Waals surface area contributed by atoms with Gasteiger partial charge in [0.2, 0.25) is 0 Å². The SMILES string of the molecule is CSc1ccc(C(C)CNC(=O)c2cocn2)cc1.c1cc2cc-2c1. The second-order valence-electron chi connectivity index (χ2n) is 5.84. The van der Waals surface area contributed by atoms with E-state index in [-0.39, 0.29) is 11.8 Å². The number of oxazole rings is 1. The highest BCUT2D eigenvalue weighted by atomic mass is 32.2. The summed E-state index contributed by atoms with van der Waals surface area (Å²) in [5.41, 5.74) is 4.37. The van der Waals surface area contributed by atoms with Gasteiger partial charge in [0, 0.05) is 11.4 Å². The van der Waals surface area contributed by atoms with Gasteiger partial charge in [-0.3, -0.25) is 4.79 Å². The maximum atomic E-state index is 11.7. The third-order valence-corrected chi connectivity index (χ3v) is 4.77. The Bertz CT molecular complexity index is 812. The molecule has 0 aliphatic heterocycles. The molecule has 0 fully saturated rings. The topological polar surface area (TPSA) is 55.1 Å². The van der Waals surface area contributed by atoms with E-state index in [0.717, 1.165) is 0 Å². The van der Waals surface area contributed by atoms with Gasteiger partial charge in [-0.25, -0.2) is 4.98 Å². The average molecular weight is 352 g/mol. The maximum Gasteiger partial charge on any atom is 0.273 e. The van der Waals surface area contributed by atoms with Gasteiger partial charge in [0.25, 0.3) is 5.91 Å². The Morgan fingerprint density at radius 2 is 1.92 bits per heavy atom. The first-order chi connectivity index (χ1) is 12.2. The molecule has 0 bridgehead atoms. The predicted molar refractivity (Wildman–Crippen MR) is 101 cm³/mol. The zero-order valence-corrected chi connectivity index (χ0v) is 15.0. The number of hydrogen-bond acceptors (Lipinski definition) is 4. The van der Waals surface area contributed by atoms with Gasteiger partial charge in [-0.15, -0.1) is 11.8 Å².